The maximum Gasteiger partial charge on any atom is 0.326 e. The van der Waals surface area contributed by atoms with E-state index >= 15 is 0 Å². The average molecular weight is 244 g/mol. The molecule has 0 heterocycles. The third kappa shape index (κ3) is 6.55. The lowest BCUT2D eigenvalue weighted by Crippen LogP contribution is -2.49. The molecule has 0 saturated heterocycles. The Balaban J connectivity index is 4.24. The lowest BCUT2D eigenvalue weighted by molar-refractivity contribution is -0.145. The highest BCUT2D eigenvalue weighted by Crippen LogP contribution is 2.19. The van der Waals surface area contributed by atoms with Crippen molar-refractivity contribution >= 4 is 17.8 Å². The molecule has 98 valence electrons. The molecule has 0 spiro atoms. The van der Waals surface area contributed by atoms with Gasteiger partial charge < -0.3 is 15.7 Å². The molecule has 6 nitrogen and oxygen atoms in total. The van der Waals surface area contributed by atoms with Gasteiger partial charge in [0.25, 0.3) is 0 Å². The molecular weight excluding hydrogens is 224 g/mol. The van der Waals surface area contributed by atoms with E-state index in [0.717, 1.165) is 0 Å². The summed E-state index contributed by atoms with van der Waals surface area (Å²) >= 11 is 0. The van der Waals surface area contributed by atoms with Crippen molar-refractivity contribution in [2.45, 2.75) is 40.2 Å². The standard InChI is InChI=1S/C11H20N2O4/c1-7(14)12-6-5-8(15)13-9(10(16)17)11(2,3)4/h9H,5-6H2,1-4H3,(H,12,14)(H,13,15)(H,16,17)/t9-/m0/s1. The Morgan fingerprint density at radius 2 is 1.76 bits per heavy atom. The molecule has 0 aliphatic heterocycles. The molecule has 0 fully saturated rings. The summed E-state index contributed by atoms with van der Waals surface area (Å²) in [6.45, 7) is 6.77. The first-order valence-electron chi connectivity index (χ1n) is 5.41. The molecule has 17 heavy (non-hydrogen) atoms. The first kappa shape index (κ1) is 15.4. The number of hydrogen-bond acceptors (Lipinski definition) is 3. The molecule has 0 bridgehead atoms. The summed E-state index contributed by atoms with van der Waals surface area (Å²) in [4.78, 5) is 33.0. The van der Waals surface area contributed by atoms with Crippen LogP contribution in [0, 0.1) is 5.41 Å². The van der Waals surface area contributed by atoms with E-state index in [9.17, 15) is 14.4 Å². The van der Waals surface area contributed by atoms with Crippen LogP contribution in [0.15, 0.2) is 0 Å². The van der Waals surface area contributed by atoms with E-state index in [1.807, 2.05) is 0 Å². The van der Waals surface area contributed by atoms with E-state index < -0.39 is 17.4 Å². The molecule has 0 unspecified atom stereocenters. The fourth-order valence-corrected chi connectivity index (χ4v) is 1.23. The number of carboxylic acids is 1. The van der Waals surface area contributed by atoms with Gasteiger partial charge in [-0.2, -0.15) is 0 Å². The minimum atomic E-state index is -1.06. The van der Waals surface area contributed by atoms with Crippen molar-refractivity contribution in [3.05, 3.63) is 0 Å². The lowest BCUT2D eigenvalue weighted by Gasteiger charge is -2.27. The van der Waals surface area contributed by atoms with Crippen LogP contribution >= 0.6 is 0 Å². The first-order chi connectivity index (χ1) is 7.64. The van der Waals surface area contributed by atoms with Gasteiger partial charge in [0.15, 0.2) is 0 Å². The van der Waals surface area contributed by atoms with E-state index in [4.69, 9.17) is 5.11 Å². The molecule has 0 saturated carbocycles. The molecule has 0 radical (unpaired) electrons. The maximum atomic E-state index is 11.5. The zero-order chi connectivity index (χ0) is 13.6. The summed E-state index contributed by atoms with van der Waals surface area (Å²) in [5.41, 5.74) is -0.560. The van der Waals surface area contributed by atoms with Crippen molar-refractivity contribution in [2.75, 3.05) is 6.54 Å². The predicted octanol–water partition coefficient (Wildman–Crippen LogP) is 0.128. The third-order valence-electron chi connectivity index (χ3n) is 2.14. The second-order valence-corrected chi connectivity index (χ2v) is 4.94. The van der Waals surface area contributed by atoms with Crippen molar-refractivity contribution in [2.24, 2.45) is 5.41 Å². The Bertz CT molecular complexity index is 307. The van der Waals surface area contributed by atoms with E-state index in [0.29, 0.717) is 0 Å². The van der Waals surface area contributed by atoms with E-state index in [1.165, 1.54) is 6.92 Å². The lowest BCUT2D eigenvalue weighted by atomic mass is 9.86. The number of hydrogen-bond donors (Lipinski definition) is 3. The van der Waals surface area contributed by atoms with Crippen LogP contribution in [-0.4, -0.2) is 35.5 Å². The first-order valence-corrected chi connectivity index (χ1v) is 5.41. The quantitative estimate of drug-likeness (QED) is 0.640. The largest absolute Gasteiger partial charge is 0.480 e. The molecule has 0 aromatic heterocycles. The van der Waals surface area contributed by atoms with E-state index in [1.54, 1.807) is 20.8 Å². The summed E-state index contributed by atoms with van der Waals surface area (Å²) in [7, 11) is 0. The average Bonchev–Trinajstić information content (AvgIpc) is 2.11. The fraction of sp³-hybridized carbons (Fsp3) is 0.727. The zero-order valence-corrected chi connectivity index (χ0v) is 10.7. The van der Waals surface area contributed by atoms with Gasteiger partial charge in [0, 0.05) is 19.9 Å². The Labute approximate surface area is 101 Å². The second kappa shape index (κ2) is 6.22. The highest BCUT2D eigenvalue weighted by atomic mass is 16.4. The van der Waals surface area contributed by atoms with Gasteiger partial charge in [0.2, 0.25) is 11.8 Å². The van der Waals surface area contributed by atoms with Crippen LogP contribution in [0.3, 0.4) is 0 Å². The molecule has 2 amide bonds. The van der Waals surface area contributed by atoms with Crippen molar-refractivity contribution in [1.29, 1.82) is 0 Å². The van der Waals surface area contributed by atoms with Crippen molar-refractivity contribution in [3.8, 4) is 0 Å². The van der Waals surface area contributed by atoms with Crippen LogP contribution < -0.4 is 10.6 Å². The minimum Gasteiger partial charge on any atom is -0.480 e. The van der Waals surface area contributed by atoms with E-state index in [2.05, 4.69) is 10.6 Å². The van der Waals surface area contributed by atoms with Crippen molar-refractivity contribution in [3.63, 3.8) is 0 Å². The topological polar surface area (TPSA) is 95.5 Å². The van der Waals surface area contributed by atoms with Crippen molar-refractivity contribution in [1.82, 2.24) is 10.6 Å². The van der Waals surface area contributed by atoms with Crippen LogP contribution in [0.25, 0.3) is 0 Å². The molecule has 1 atom stereocenters. The molecule has 3 N–H and O–H groups in total. The predicted molar refractivity (Wildman–Crippen MR) is 62.3 cm³/mol. The third-order valence-corrected chi connectivity index (χ3v) is 2.14. The number of aliphatic carboxylic acids is 1. The summed E-state index contributed by atoms with van der Waals surface area (Å²) in [6, 6.07) is -0.938. The Morgan fingerprint density at radius 3 is 2.12 bits per heavy atom. The fourth-order valence-electron chi connectivity index (χ4n) is 1.23. The Morgan fingerprint density at radius 1 is 1.24 bits per heavy atom. The van der Waals surface area contributed by atoms with Gasteiger partial charge in [-0.1, -0.05) is 20.8 Å². The second-order valence-electron chi connectivity index (χ2n) is 4.94. The van der Waals surface area contributed by atoms with Crippen LogP contribution in [0.1, 0.15) is 34.1 Å². The number of nitrogens with one attached hydrogen (secondary N) is 2. The van der Waals surface area contributed by atoms with E-state index in [-0.39, 0.29) is 24.8 Å². The summed E-state index contributed by atoms with van der Waals surface area (Å²) in [5.74, 6) is -1.67. The number of carboxylic acid groups (broad SMARTS) is 1. The van der Waals surface area contributed by atoms with Gasteiger partial charge in [-0.15, -0.1) is 0 Å². The normalized spacial score (nSPS) is 12.7. The summed E-state index contributed by atoms with van der Waals surface area (Å²) in [6.07, 6.45) is 0.0689. The van der Waals surface area contributed by atoms with Gasteiger partial charge in [0.05, 0.1) is 0 Å². The molecular formula is C11H20N2O4. The molecule has 0 aliphatic carbocycles. The number of amides is 2. The van der Waals surface area contributed by atoms with Gasteiger partial charge in [-0.25, -0.2) is 4.79 Å². The molecule has 6 heteroatoms. The highest BCUT2D eigenvalue weighted by molar-refractivity contribution is 5.84. The Hall–Kier alpha value is -1.59. The smallest absolute Gasteiger partial charge is 0.326 e. The maximum absolute atomic E-state index is 11.5. The molecule has 0 aromatic rings. The molecule has 0 aromatic carbocycles. The molecule has 0 rings (SSSR count). The van der Waals surface area contributed by atoms with Crippen LogP contribution in [-0.2, 0) is 14.4 Å². The summed E-state index contributed by atoms with van der Waals surface area (Å²) < 4.78 is 0. The minimum absolute atomic E-state index is 0.0689. The monoisotopic (exact) mass is 244 g/mol. The highest BCUT2D eigenvalue weighted by Gasteiger charge is 2.32. The number of rotatable bonds is 5. The van der Waals surface area contributed by atoms with Gasteiger partial charge in [0.1, 0.15) is 6.04 Å². The van der Waals surface area contributed by atoms with Gasteiger partial charge in [-0.3, -0.25) is 9.59 Å². The molecule has 0 aliphatic rings. The van der Waals surface area contributed by atoms with Crippen molar-refractivity contribution < 1.29 is 19.5 Å². The number of carbonyl (C=O) groups is 3. The zero-order valence-electron chi connectivity index (χ0n) is 10.7. The SMILES string of the molecule is CC(=O)NCCC(=O)N[C@@H](C(=O)O)C(C)(C)C. The Kier molecular flexibility index (Phi) is 5.64. The van der Waals surface area contributed by atoms with Gasteiger partial charge >= 0.3 is 5.97 Å². The van der Waals surface area contributed by atoms with Crippen LogP contribution in [0.4, 0.5) is 0 Å². The van der Waals surface area contributed by atoms with Gasteiger partial charge in [-0.05, 0) is 5.41 Å². The van der Waals surface area contributed by atoms with Crippen LogP contribution in [0.5, 0.6) is 0 Å². The van der Waals surface area contributed by atoms with Crippen LogP contribution in [0.2, 0.25) is 0 Å². The summed E-state index contributed by atoms with van der Waals surface area (Å²) in [5, 5.41) is 13.9. The number of carbonyl (C=O) groups excluding carboxylic acids is 2.